The molecule has 0 aromatic rings. The predicted molar refractivity (Wildman–Crippen MR) is 58.5 cm³/mol. The van der Waals surface area contributed by atoms with Crippen LogP contribution in [0.25, 0.3) is 0 Å². The first-order chi connectivity index (χ1) is 6.33. The van der Waals surface area contributed by atoms with Gasteiger partial charge in [-0.2, -0.15) is 0 Å². The zero-order valence-electron chi connectivity index (χ0n) is 8.38. The summed E-state index contributed by atoms with van der Waals surface area (Å²) in [6.45, 7) is 5.04. The first-order valence-electron chi connectivity index (χ1n) is 4.77. The molecule has 1 heterocycles. The van der Waals surface area contributed by atoms with E-state index in [4.69, 9.17) is 4.74 Å². The van der Waals surface area contributed by atoms with Crippen LogP contribution in [0.5, 0.6) is 0 Å². The quantitative estimate of drug-likeness (QED) is 0.686. The van der Waals surface area contributed by atoms with E-state index in [9.17, 15) is 0 Å². The number of unbranched alkanes of at least 4 members (excludes halogenated alkanes) is 1. The van der Waals surface area contributed by atoms with Crippen LogP contribution >= 0.6 is 11.8 Å². The maximum Gasteiger partial charge on any atom is 0.156 e. The van der Waals surface area contributed by atoms with Crippen LogP contribution in [0.3, 0.4) is 0 Å². The van der Waals surface area contributed by atoms with Gasteiger partial charge < -0.3 is 10.1 Å². The Morgan fingerprint density at radius 3 is 3.08 bits per heavy atom. The van der Waals surface area contributed by atoms with Crippen LogP contribution in [0.2, 0.25) is 0 Å². The number of hydrogen-bond donors (Lipinski definition) is 1. The average Bonchev–Trinajstić information content (AvgIpc) is 2.51. The minimum atomic E-state index is 0.654. The molecule has 1 atom stereocenters. The summed E-state index contributed by atoms with van der Waals surface area (Å²) in [5.41, 5.74) is 0. The molecular weight excluding hydrogens is 184 g/mol. The molecule has 0 spiro atoms. The van der Waals surface area contributed by atoms with Gasteiger partial charge in [0.25, 0.3) is 0 Å². The summed E-state index contributed by atoms with van der Waals surface area (Å²) in [5.74, 6) is 0. The fourth-order valence-corrected chi connectivity index (χ4v) is 2.01. The highest BCUT2D eigenvalue weighted by Gasteiger charge is 2.13. The van der Waals surface area contributed by atoms with Crippen LogP contribution in [-0.2, 0) is 4.74 Å². The van der Waals surface area contributed by atoms with Gasteiger partial charge in [0.2, 0.25) is 0 Å². The summed E-state index contributed by atoms with van der Waals surface area (Å²) < 4.78 is 4.97. The third kappa shape index (κ3) is 4.52. The Hall–Kier alpha value is -0.220. The summed E-state index contributed by atoms with van der Waals surface area (Å²) in [7, 11) is 1.74. The van der Waals surface area contributed by atoms with Crippen molar-refractivity contribution in [2.75, 3.05) is 26.8 Å². The Morgan fingerprint density at radius 1 is 1.62 bits per heavy atom. The van der Waals surface area contributed by atoms with E-state index in [-0.39, 0.29) is 0 Å². The molecule has 1 unspecified atom stereocenters. The van der Waals surface area contributed by atoms with E-state index in [0.29, 0.717) is 5.25 Å². The first kappa shape index (κ1) is 10.9. The molecule has 0 fully saturated rings. The molecule has 0 saturated heterocycles. The van der Waals surface area contributed by atoms with Gasteiger partial charge in [-0.3, -0.25) is 4.99 Å². The summed E-state index contributed by atoms with van der Waals surface area (Å²) in [4.78, 5) is 4.37. The Morgan fingerprint density at radius 2 is 2.46 bits per heavy atom. The van der Waals surface area contributed by atoms with Crippen molar-refractivity contribution in [2.24, 2.45) is 4.99 Å². The lowest BCUT2D eigenvalue weighted by Crippen LogP contribution is -2.20. The van der Waals surface area contributed by atoms with Crippen molar-refractivity contribution in [1.82, 2.24) is 5.32 Å². The Kier molecular flexibility index (Phi) is 5.23. The molecule has 3 nitrogen and oxygen atoms in total. The van der Waals surface area contributed by atoms with Gasteiger partial charge in [0.15, 0.2) is 5.17 Å². The SMILES string of the molecule is COCCCCNC1=NCC(C)S1. The highest BCUT2D eigenvalue weighted by atomic mass is 32.2. The molecule has 0 saturated carbocycles. The Bertz CT molecular complexity index is 173. The van der Waals surface area contributed by atoms with Crippen molar-refractivity contribution in [3.05, 3.63) is 0 Å². The minimum Gasteiger partial charge on any atom is -0.385 e. The zero-order valence-corrected chi connectivity index (χ0v) is 9.19. The molecular formula is C9H18N2OS. The number of methoxy groups -OCH3 is 1. The van der Waals surface area contributed by atoms with Gasteiger partial charge in [-0.15, -0.1) is 0 Å². The summed E-state index contributed by atoms with van der Waals surface area (Å²) in [6, 6.07) is 0. The summed E-state index contributed by atoms with van der Waals surface area (Å²) >= 11 is 1.84. The molecule has 0 aromatic heterocycles. The molecule has 0 amide bonds. The van der Waals surface area contributed by atoms with Gasteiger partial charge in [0.1, 0.15) is 0 Å². The third-order valence-electron chi connectivity index (χ3n) is 1.86. The number of ether oxygens (including phenoxy) is 1. The van der Waals surface area contributed by atoms with Gasteiger partial charge in [-0.05, 0) is 12.8 Å². The van der Waals surface area contributed by atoms with E-state index in [1.807, 2.05) is 11.8 Å². The van der Waals surface area contributed by atoms with E-state index in [1.165, 1.54) is 0 Å². The zero-order chi connectivity index (χ0) is 9.52. The number of rotatable bonds is 5. The third-order valence-corrected chi connectivity index (χ3v) is 2.90. The van der Waals surface area contributed by atoms with Crippen molar-refractivity contribution < 1.29 is 4.74 Å². The topological polar surface area (TPSA) is 33.6 Å². The number of thioether (sulfide) groups is 1. The van der Waals surface area contributed by atoms with E-state index in [2.05, 4.69) is 17.2 Å². The lowest BCUT2D eigenvalue weighted by atomic mass is 10.3. The molecule has 1 N–H and O–H groups in total. The van der Waals surface area contributed by atoms with Gasteiger partial charge in [-0.1, -0.05) is 18.7 Å². The lowest BCUT2D eigenvalue weighted by Gasteiger charge is -2.05. The fraction of sp³-hybridized carbons (Fsp3) is 0.889. The van der Waals surface area contributed by atoms with Crippen LogP contribution < -0.4 is 5.32 Å². The predicted octanol–water partition coefficient (Wildman–Crippen LogP) is 1.49. The van der Waals surface area contributed by atoms with Crippen molar-refractivity contribution >= 4 is 16.9 Å². The van der Waals surface area contributed by atoms with Crippen molar-refractivity contribution in [2.45, 2.75) is 25.0 Å². The molecule has 0 aliphatic carbocycles. The van der Waals surface area contributed by atoms with E-state index < -0.39 is 0 Å². The standard InChI is InChI=1S/C9H18N2OS/c1-8-7-11-9(13-8)10-5-3-4-6-12-2/h8H,3-7H2,1-2H3,(H,10,11). The Balaban J connectivity index is 1.94. The van der Waals surface area contributed by atoms with Crippen LogP contribution in [-0.4, -0.2) is 37.2 Å². The van der Waals surface area contributed by atoms with Gasteiger partial charge >= 0.3 is 0 Å². The second-order valence-electron chi connectivity index (χ2n) is 3.20. The van der Waals surface area contributed by atoms with Crippen molar-refractivity contribution in [3.63, 3.8) is 0 Å². The monoisotopic (exact) mass is 202 g/mol. The highest BCUT2D eigenvalue weighted by Crippen LogP contribution is 2.18. The summed E-state index contributed by atoms with van der Waals surface area (Å²) in [6.07, 6.45) is 2.28. The van der Waals surface area contributed by atoms with Crippen LogP contribution in [0, 0.1) is 0 Å². The smallest absolute Gasteiger partial charge is 0.156 e. The number of nitrogens with one attached hydrogen (secondary N) is 1. The normalized spacial score (nSPS) is 21.7. The van der Waals surface area contributed by atoms with E-state index >= 15 is 0 Å². The summed E-state index contributed by atoms with van der Waals surface area (Å²) in [5, 5.41) is 5.10. The van der Waals surface area contributed by atoms with Crippen LogP contribution in [0.4, 0.5) is 0 Å². The molecule has 4 heteroatoms. The van der Waals surface area contributed by atoms with Crippen molar-refractivity contribution in [3.8, 4) is 0 Å². The molecule has 0 radical (unpaired) electrons. The number of hydrogen-bond acceptors (Lipinski definition) is 4. The minimum absolute atomic E-state index is 0.654. The largest absolute Gasteiger partial charge is 0.385 e. The molecule has 1 rings (SSSR count). The lowest BCUT2D eigenvalue weighted by molar-refractivity contribution is 0.193. The first-order valence-corrected chi connectivity index (χ1v) is 5.65. The number of aliphatic imine (C=N–C) groups is 1. The number of amidine groups is 1. The molecule has 0 bridgehead atoms. The van der Waals surface area contributed by atoms with Gasteiger partial charge in [-0.25, -0.2) is 0 Å². The van der Waals surface area contributed by atoms with E-state index in [0.717, 1.165) is 37.7 Å². The molecule has 0 aromatic carbocycles. The number of nitrogens with zero attached hydrogens (tertiary/aromatic N) is 1. The van der Waals surface area contributed by atoms with Gasteiger partial charge in [0, 0.05) is 25.5 Å². The molecule has 76 valence electrons. The van der Waals surface area contributed by atoms with Crippen molar-refractivity contribution in [1.29, 1.82) is 0 Å². The van der Waals surface area contributed by atoms with Crippen LogP contribution in [0.1, 0.15) is 19.8 Å². The fourth-order valence-electron chi connectivity index (χ4n) is 1.14. The maximum absolute atomic E-state index is 4.97. The average molecular weight is 202 g/mol. The second kappa shape index (κ2) is 6.27. The maximum atomic E-state index is 4.97. The van der Waals surface area contributed by atoms with Gasteiger partial charge in [0.05, 0.1) is 6.54 Å². The highest BCUT2D eigenvalue weighted by molar-refractivity contribution is 8.14. The molecule has 13 heavy (non-hydrogen) atoms. The molecule has 1 aliphatic heterocycles. The molecule has 1 aliphatic rings. The van der Waals surface area contributed by atoms with Crippen LogP contribution in [0.15, 0.2) is 4.99 Å². The second-order valence-corrected chi connectivity index (χ2v) is 4.63. The van der Waals surface area contributed by atoms with E-state index in [1.54, 1.807) is 7.11 Å². The Labute approximate surface area is 84.3 Å².